The number of anilines is 4. The van der Waals surface area contributed by atoms with E-state index in [-0.39, 0.29) is 0 Å². The number of benzene rings is 3. The molecule has 1 heterocycles. The second-order valence-corrected chi connectivity index (χ2v) is 7.88. The van der Waals surface area contributed by atoms with E-state index < -0.39 is 5.82 Å². The zero-order valence-electron chi connectivity index (χ0n) is 19.9. The molecule has 0 fully saturated rings. The normalized spacial score (nSPS) is 10.6. The first kappa shape index (κ1) is 24.1. The predicted molar refractivity (Wildman–Crippen MR) is 138 cm³/mol. The Balaban J connectivity index is 1.83. The molecule has 8 heteroatoms. The second-order valence-electron chi connectivity index (χ2n) is 7.88. The molecule has 0 saturated heterocycles. The van der Waals surface area contributed by atoms with Crippen LogP contribution in [0.5, 0.6) is 11.5 Å². The lowest BCUT2D eigenvalue weighted by Crippen LogP contribution is -2.02. The van der Waals surface area contributed by atoms with Gasteiger partial charge in [0.05, 0.1) is 48.8 Å². The molecule has 36 heavy (non-hydrogen) atoms. The Bertz CT molecular complexity index is 1530. The molecule has 0 bridgehead atoms. The monoisotopic (exact) mass is 479 g/mol. The van der Waals surface area contributed by atoms with Crippen LogP contribution in [0.4, 0.5) is 27.3 Å². The standard InChI is InChI=1S/C28H22FN5O2/c1-17-11-19(5-4-10-30)12-22(29)28(17)34-24-15-27(32-20-8-6-18(16-31)7-9-20)33-23-14-26(36-3)25(35-2)13-21(23)24/h4-9,11-15H,1-3H3,(H2,32,33,34)/b5-4+. The highest BCUT2D eigenvalue weighted by Gasteiger charge is 2.15. The van der Waals surface area contributed by atoms with Gasteiger partial charge in [-0.3, -0.25) is 0 Å². The number of hydrogen-bond acceptors (Lipinski definition) is 7. The number of allylic oxidation sites excluding steroid dienone is 1. The Labute approximate surface area is 208 Å². The quantitative estimate of drug-likeness (QED) is 0.288. The molecule has 0 aliphatic carbocycles. The van der Waals surface area contributed by atoms with Gasteiger partial charge in [-0.2, -0.15) is 10.5 Å². The predicted octanol–water partition coefficient (Wildman–Crippen LogP) is 6.60. The Hall–Kier alpha value is -5.08. The average molecular weight is 480 g/mol. The van der Waals surface area contributed by atoms with Gasteiger partial charge < -0.3 is 20.1 Å². The van der Waals surface area contributed by atoms with Crippen LogP contribution in [-0.2, 0) is 0 Å². The third-order valence-corrected chi connectivity index (χ3v) is 5.52. The first-order chi connectivity index (χ1) is 17.4. The van der Waals surface area contributed by atoms with Gasteiger partial charge in [0.15, 0.2) is 11.5 Å². The smallest absolute Gasteiger partial charge is 0.162 e. The summed E-state index contributed by atoms with van der Waals surface area (Å²) >= 11 is 0. The van der Waals surface area contributed by atoms with Gasteiger partial charge in [0.25, 0.3) is 0 Å². The third kappa shape index (κ3) is 5.03. The minimum absolute atomic E-state index is 0.302. The fourth-order valence-electron chi connectivity index (χ4n) is 3.79. The molecule has 0 aliphatic rings. The van der Waals surface area contributed by atoms with Gasteiger partial charge in [0.2, 0.25) is 0 Å². The van der Waals surface area contributed by atoms with Crippen molar-refractivity contribution in [1.29, 1.82) is 10.5 Å². The molecule has 0 aliphatic heterocycles. The molecule has 0 saturated carbocycles. The van der Waals surface area contributed by atoms with Gasteiger partial charge in [-0.05, 0) is 66.6 Å². The maximum atomic E-state index is 15.1. The largest absolute Gasteiger partial charge is 0.493 e. The van der Waals surface area contributed by atoms with Crippen molar-refractivity contribution < 1.29 is 13.9 Å². The minimum atomic E-state index is -0.459. The highest BCUT2D eigenvalue weighted by atomic mass is 19.1. The van der Waals surface area contributed by atoms with Crippen molar-refractivity contribution in [1.82, 2.24) is 4.98 Å². The van der Waals surface area contributed by atoms with E-state index in [9.17, 15) is 0 Å². The van der Waals surface area contributed by atoms with Crippen molar-refractivity contribution in [3.8, 4) is 23.6 Å². The molecule has 7 nitrogen and oxygen atoms in total. The van der Waals surface area contributed by atoms with Crippen LogP contribution in [0.1, 0.15) is 16.7 Å². The minimum Gasteiger partial charge on any atom is -0.493 e. The molecular weight excluding hydrogens is 457 g/mol. The molecule has 0 radical (unpaired) electrons. The van der Waals surface area contributed by atoms with Gasteiger partial charge in [0.1, 0.15) is 11.6 Å². The lowest BCUT2D eigenvalue weighted by molar-refractivity contribution is 0.356. The maximum absolute atomic E-state index is 15.1. The Kier molecular flexibility index (Phi) is 6.99. The summed E-state index contributed by atoms with van der Waals surface area (Å²) in [6.45, 7) is 1.79. The van der Waals surface area contributed by atoms with E-state index in [1.54, 1.807) is 75.8 Å². The average Bonchev–Trinajstić information content (AvgIpc) is 2.89. The van der Waals surface area contributed by atoms with E-state index in [0.29, 0.717) is 56.3 Å². The summed E-state index contributed by atoms with van der Waals surface area (Å²) in [7, 11) is 3.09. The number of methoxy groups -OCH3 is 2. The van der Waals surface area contributed by atoms with Gasteiger partial charge >= 0.3 is 0 Å². The molecule has 0 spiro atoms. The van der Waals surface area contributed by atoms with Gasteiger partial charge in [0, 0.05) is 29.3 Å². The number of aryl methyl sites for hydroxylation is 1. The van der Waals surface area contributed by atoms with Gasteiger partial charge in [-0.15, -0.1) is 0 Å². The number of ether oxygens (including phenoxy) is 2. The number of rotatable bonds is 7. The number of fused-ring (bicyclic) bond motifs is 1. The summed E-state index contributed by atoms with van der Waals surface area (Å²) < 4.78 is 26.0. The van der Waals surface area contributed by atoms with Crippen LogP contribution in [-0.4, -0.2) is 19.2 Å². The fourth-order valence-corrected chi connectivity index (χ4v) is 3.79. The first-order valence-electron chi connectivity index (χ1n) is 10.9. The Morgan fingerprint density at radius 2 is 1.67 bits per heavy atom. The SMILES string of the molecule is COc1cc2nc(Nc3ccc(C#N)cc3)cc(Nc3c(C)cc(/C=C/C#N)cc3F)c2cc1OC. The topological polar surface area (TPSA) is 103 Å². The summed E-state index contributed by atoms with van der Waals surface area (Å²) in [5, 5.41) is 25.0. The number of aromatic nitrogens is 1. The molecule has 2 N–H and O–H groups in total. The number of nitriles is 2. The first-order valence-corrected chi connectivity index (χ1v) is 10.9. The highest BCUT2D eigenvalue weighted by Crippen LogP contribution is 2.38. The summed E-state index contributed by atoms with van der Waals surface area (Å²) in [5.74, 6) is 1.07. The number of halogens is 1. The summed E-state index contributed by atoms with van der Waals surface area (Å²) in [4.78, 5) is 4.71. The van der Waals surface area contributed by atoms with Crippen LogP contribution >= 0.6 is 0 Å². The molecule has 1 aromatic heterocycles. The number of nitrogens with one attached hydrogen (secondary N) is 2. The van der Waals surface area contributed by atoms with Crippen LogP contribution in [0.25, 0.3) is 17.0 Å². The van der Waals surface area contributed by atoms with Crippen LogP contribution in [0, 0.1) is 35.4 Å². The number of nitrogens with zero attached hydrogens (tertiary/aromatic N) is 3. The van der Waals surface area contributed by atoms with Crippen LogP contribution in [0.15, 0.2) is 60.7 Å². The molecule has 4 aromatic rings. The third-order valence-electron chi connectivity index (χ3n) is 5.52. The fraction of sp³-hybridized carbons (Fsp3) is 0.107. The molecular formula is C28H22FN5O2. The number of pyridine rings is 1. The van der Waals surface area contributed by atoms with E-state index in [2.05, 4.69) is 16.7 Å². The van der Waals surface area contributed by atoms with Crippen LogP contribution < -0.4 is 20.1 Å². The summed E-state index contributed by atoms with van der Waals surface area (Å²) in [5.41, 5.74) is 4.04. The lowest BCUT2D eigenvalue weighted by Gasteiger charge is -2.17. The summed E-state index contributed by atoms with van der Waals surface area (Å²) in [6.07, 6.45) is 2.86. The highest BCUT2D eigenvalue weighted by molar-refractivity contribution is 5.97. The number of hydrogen-bond donors (Lipinski definition) is 2. The van der Waals surface area contributed by atoms with E-state index in [1.165, 1.54) is 12.1 Å². The summed E-state index contributed by atoms with van der Waals surface area (Å²) in [6, 6.07) is 19.4. The van der Waals surface area contributed by atoms with E-state index in [0.717, 1.165) is 5.69 Å². The Morgan fingerprint density at radius 1 is 0.944 bits per heavy atom. The van der Waals surface area contributed by atoms with E-state index >= 15 is 4.39 Å². The second kappa shape index (κ2) is 10.5. The van der Waals surface area contributed by atoms with Crippen molar-refractivity contribution in [2.24, 2.45) is 0 Å². The molecule has 0 amide bonds. The Morgan fingerprint density at radius 3 is 2.31 bits per heavy atom. The lowest BCUT2D eigenvalue weighted by atomic mass is 10.1. The van der Waals surface area contributed by atoms with Crippen molar-refractivity contribution in [2.45, 2.75) is 6.92 Å². The molecule has 0 unspecified atom stereocenters. The molecule has 178 valence electrons. The van der Waals surface area contributed by atoms with Crippen molar-refractivity contribution in [2.75, 3.05) is 24.9 Å². The van der Waals surface area contributed by atoms with E-state index in [1.807, 2.05) is 6.07 Å². The molecule has 3 aromatic carbocycles. The van der Waals surface area contributed by atoms with E-state index in [4.69, 9.17) is 25.0 Å². The van der Waals surface area contributed by atoms with Crippen molar-refractivity contribution >= 4 is 39.9 Å². The zero-order chi connectivity index (χ0) is 25.7. The van der Waals surface area contributed by atoms with Crippen LogP contribution in [0.2, 0.25) is 0 Å². The van der Waals surface area contributed by atoms with Crippen LogP contribution in [0.3, 0.4) is 0 Å². The van der Waals surface area contributed by atoms with Crippen molar-refractivity contribution in [3.63, 3.8) is 0 Å². The molecule has 4 rings (SSSR count). The van der Waals surface area contributed by atoms with Gasteiger partial charge in [-0.1, -0.05) is 0 Å². The maximum Gasteiger partial charge on any atom is 0.162 e. The van der Waals surface area contributed by atoms with Gasteiger partial charge in [-0.25, -0.2) is 9.37 Å². The zero-order valence-corrected chi connectivity index (χ0v) is 19.9. The van der Waals surface area contributed by atoms with Crippen molar-refractivity contribution in [3.05, 3.63) is 83.2 Å². The molecule has 0 atom stereocenters.